The van der Waals surface area contributed by atoms with Crippen LogP contribution in [-0.4, -0.2) is 36.2 Å². The number of rotatable bonds is 4. The molecule has 0 saturated carbocycles. The largest absolute Gasteiger partial charge is 0.382 e. The van der Waals surface area contributed by atoms with Crippen LogP contribution in [0.2, 0.25) is 0 Å². The van der Waals surface area contributed by atoms with Crippen LogP contribution in [0.25, 0.3) is 0 Å². The zero-order chi connectivity index (χ0) is 13.1. The second-order valence-corrected chi connectivity index (χ2v) is 7.88. The molecule has 3 nitrogen and oxygen atoms in total. The highest BCUT2D eigenvalue weighted by atomic mass is 32.2. The van der Waals surface area contributed by atoms with E-state index in [0.717, 1.165) is 11.7 Å². The molecule has 0 radical (unpaired) electrons. The number of hydrogen-bond donors (Lipinski definition) is 1. The van der Waals surface area contributed by atoms with Gasteiger partial charge in [-0.15, -0.1) is 0 Å². The van der Waals surface area contributed by atoms with Gasteiger partial charge in [-0.1, -0.05) is 32.5 Å². The summed E-state index contributed by atoms with van der Waals surface area (Å²) in [6.45, 7) is 12.8. The molecule has 0 spiro atoms. The van der Waals surface area contributed by atoms with Crippen LogP contribution in [0.3, 0.4) is 0 Å². The Morgan fingerprint density at radius 1 is 1.35 bits per heavy atom. The second kappa shape index (κ2) is 5.61. The van der Waals surface area contributed by atoms with Crippen molar-refractivity contribution < 1.29 is 4.74 Å². The van der Waals surface area contributed by atoms with E-state index in [-0.39, 0.29) is 5.54 Å². The molecule has 0 bridgehead atoms. The molecule has 0 aliphatic carbocycles. The Balaban J connectivity index is 2.40. The van der Waals surface area contributed by atoms with Crippen molar-refractivity contribution in [3.05, 3.63) is 0 Å². The first-order chi connectivity index (χ1) is 7.72. The van der Waals surface area contributed by atoms with Gasteiger partial charge in [0.25, 0.3) is 0 Å². The third kappa shape index (κ3) is 5.77. The van der Waals surface area contributed by atoms with E-state index in [1.54, 1.807) is 7.11 Å². The van der Waals surface area contributed by atoms with Gasteiger partial charge in [-0.05, 0) is 25.7 Å². The number of ether oxygens (including phenoxy) is 1. The van der Waals surface area contributed by atoms with Gasteiger partial charge in [-0.3, -0.25) is 4.99 Å². The van der Waals surface area contributed by atoms with Crippen LogP contribution in [0.15, 0.2) is 4.99 Å². The smallest absolute Gasteiger partial charge is 0.157 e. The molecule has 1 rings (SSSR count). The van der Waals surface area contributed by atoms with Crippen LogP contribution in [0.4, 0.5) is 0 Å². The predicted octanol–water partition coefficient (Wildman–Crippen LogP) is 2.91. The summed E-state index contributed by atoms with van der Waals surface area (Å²) >= 11 is 1.87. The number of aliphatic imine (C=N–C) groups is 1. The van der Waals surface area contributed by atoms with Crippen molar-refractivity contribution in [3.63, 3.8) is 0 Å². The van der Waals surface area contributed by atoms with E-state index in [9.17, 15) is 0 Å². The molecular weight excluding hydrogens is 232 g/mol. The average molecular weight is 258 g/mol. The maximum Gasteiger partial charge on any atom is 0.157 e. The first-order valence-electron chi connectivity index (χ1n) is 6.20. The maximum absolute atomic E-state index is 5.20. The number of methoxy groups -OCH3 is 1. The molecular formula is C13H26N2OS. The van der Waals surface area contributed by atoms with Gasteiger partial charge in [-0.25, -0.2) is 0 Å². The first kappa shape index (κ1) is 14.8. The molecule has 1 unspecified atom stereocenters. The number of thioether (sulfide) groups is 1. The molecule has 0 aromatic carbocycles. The number of hydrogen-bond acceptors (Lipinski definition) is 4. The van der Waals surface area contributed by atoms with Crippen molar-refractivity contribution >= 4 is 16.9 Å². The van der Waals surface area contributed by atoms with E-state index < -0.39 is 0 Å². The molecule has 1 atom stereocenters. The highest BCUT2D eigenvalue weighted by Crippen LogP contribution is 2.31. The molecule has 100 valence electrons. The van der Waals surface area contributed by atoms with Gasteiger partial charge in [0.2, 0.25) is 0 Å². The van der Waals surface area contributed by atoms with Gasteiger partial charge in [-0.2, -0.15) is 0 Å². The predicted molar refractivity (Wildman–Crippen MR) is 76.8 cm³/mol. The zero-order valence-corrected chi connectivity index (χ0v) is 12.8. The van der Waals surface area contributed by atoms with Gasteiger partial charge in [0.05, 0.1) is 18.7 Å². The van der Waals surface area contributed by atoms with Crippen molar-refractivity contribution in [2.75, 3.05) is 20.3 Å². The summed E-state index contributed by atoms with van der Waals surface area (Å²) in [6.07, 6.45) is 1.21. The molecule has 0 saturated heterocycles. The summed E-state index contributed by atoms with van der Waals surface area (Å²) in [5.41, 5.74) is 0.335. The topological polar surface area (TPSA) is 33.6 Å². The zero-order valence-electron chi connectivity index (χ0n) is 12.0. The summed E-state index contributed by atoms with van der Waals surface area (Å²) in [6, 6.07) is 0. The number of nitrogens with zero attached hydrogens (tertiary/aromatic N) is 1. The SMILES string of the molecule is COCC(C)(C)NC1=NCC(CC(C)(C)C)S1. The van der Waals surface area contributed by atoms with Crippen LogP contribution >= 0.6 is 11.8 Å². The fourth-order valence-electron chi connectivity index (χ4n) is 1.96. The Bertz CT molecular complexity index is 282. The molecule has 1 aliphatic heterocycles. The van der Waals surface area contributed by atoms with Gasteiger partial charge in [0, 0.05) is 12.4 Å². The lowest BCUT2D eigenvalue weighted by atomic mass is 9.90. The van der Waals surface area contributed by atoms with Gasteiger partial charge < -0.3 is 10.1 Å². The van der Waals surface area contributed by atoms with E-state index in [4.69, 9.17) is 4.74 Å². The lowest BCUT2D eigenvalue weighted by Crippen LogP contribution is -2.45. The molecule has 4 heteroatoms. The summed E-state index contributed by atoms with van der Waals surface area (Å²) in [7, 11) is 1.73. The van der Waals surface area contributed by atoms with Crippen molar-refractivity contribution in [1.82, 2.24) is 5.32 Å². The van der Waals surface area contributed by atoms with Crippen molar-refractivity contribution in [2.24, 2.45) is 10.4 Å². The molecule has 0 aromatic heterocycles. The average Bonchev–Trinajstić information content (AvgIpc) is 2.47. The van der Waals surface area contributed by atoms with Crippen LogP contribution in [0.5, 0.6) is 0 Å². The maximum atomic E-state index is 5.20. The number of nitrogens with one attached hydrogen (secondary N) is 1. The lowest BCUT2D eigenvalue weighted by molar-refractivity contribution is 0.140. The monoisotopic (exact) mass is 258 g/mol. The Kier molecular flexibility index (Phi) is 4.90. The van der Waals surface area contributed by atoms with E-state index in [1.807, 2.05) is 11.8 Å². The standard InChI is InChI=1S/C13H26N2OS/c1-12(2,3)7-10-8-14-11(17-10)15-13(4,5)9-16-6/h10H,7-9H2,1-6H3,(H,14,15). The summed E-state index contributed by atoms with van der Waals surface area (Å²) in [5, 5.41) is 5.15. The van der Waals surface area contributed by atoms with E-state index in [1.165, 1.54) is 6.42 Å². The molecule has 0 amide bonds. The first-order valence-corrected chi connectivity index (χ1v) is 7.08. The van der Waals surface area contributed by atoms with E-state index >= 15 is 0 Å². The quantitative estimate of drug-likeness (QED) is 0.842. The summed E-state index contributed by atoms with van der Waals surface area (Å²) < 4.78 is 5.20. The highest BCUT2D eigenvalue weighted by Gasteiger charge is 2.28. The molecule has 1 N–H and O–H groups in total. The number of amidine groups is 1. The van der Waals surface area contributed by atoms with Crippen LogP contribution in [0, 0.1) is 5.41 Å². The van der Waals surface area contributed by atoms with Crippen LogP contribution in [-0.2, 0) is 4.74 Å². The molecule has 1 heterocycles. The Morgan fingerprint density at radius 2 is 2.00 bits per heavy atom. The van der Waals surface area contributed by atoms with E-state index in [2.05, 4.69) is 44.9 Å². The summed E-state index contributed by atoms with van der Waals surface area (Å²) in [4.78, 5) is 4.58. The Labute approximate surface area is 110 Å². The fourth-order valence-corrected chi connectivity index (χ4v) is 3.49. The minimum atomic E-state index is -0.0444. The van der Waals surface area contributed by atoms with E-state index in [0.29, 0.717) is 17.3 Å². The van der Waals surface area contributed by atoms with Crippen LogP contribution in [0.1, 0.15) is 41.0 Å². The fraction of sp³-hybridized carbons (Fsp3) is 0.923. The molecule has 1 aliphatic rings. The van der Waals surface area contributed by atoms with Gasteiger partial charge in [0.1, 0.15) is 0 Å². The second-order valence-electron chi connectivity index (χ2n) is 6.59. The third-order valence-electron chi connectivity index (χ3n) is 2.51. The third-order valence-corrected chi connectivity index (χ3v) is 3.61. The molecule has 17 heavy (non-hydrogen) atoms. The highest BCUT2D eigenvalue weighted by molar-refractivity contribution is 8.14. The Morgan fingerprint density at radius 3 is 2.53 bits per heavy atom. The molecule has 0 fully saturated rings. The normalized spacial score (nSPS) is 21.5. The lowest BCUT2D eigenvalue weighted by Gasteiger charge is -2.26. The van der Waals surface area contributed by atoms with Crippen molar-refractivity contribution in [1.29, 1.82) is 0 Å². The van der Waals surface area contributed by atoms with Gasteiger partial charge in [0.15, 0.2) is 5.17 Å². The summed E-state index contributed by atoms with van der Waals surface area (Å²) in [5.74, 6) is 0. The Hall–Kier alpha value is -0.220. The van der Waals surface area contributed by atoms with Crippen molar-refractivity contribution in [3.8, 4) is 0 Å². The minimum absolute atomic E-state index is 0.0444. The van der Waals surface area contributed by atoms with Crippen molar-refractivity contribution in [2.45, 2.75) is 51.8 Å². The minimum Gasteiger partial charge on any atom is -0.382 e. The molecule has 0 aromatic rings. The van der Waals surface area contributed by atoms with Gasteiger partial charge >= 0.3 is 0 Å². The van der Waals surface area contributed by atoms with Crippen LogP contribution < -0.4 is 5.32 Å².